The van der Waals surface area contributed by atoms with Gasteiger partial charge in [0.25, 0.3) is 0 Å². The van der Waals surface area contributed by atoms with E-state index in [-0.39, 0.29) is 0 Å². The average molecular weight is 497 g/mol. The molecule has 4 aromatic rings. The number of nitrogens with one attached hydrogen (secondary N) is 1. The molecule has 4 rings (SSSR count). The van der Waals surface area contributed by atoms with E-state index in [1.807, 2.05) is 25.1 Å². The fourth-order valence-electron chi connectivity index (χ4n) is 4.19. The Kier molecular flexibility index (Phi) is 7.10. The number of carboxylic acid groups (broad SMARTS) is 1. The Morgan fingerprint density at radius 2 is 1.91 bits per heavy atom. The lowest BCUT2D eigenvalue weighted by Crippen LogP contribution is -2.12. The number of anilines is 1. The topological polar surface area (TPSA) is 80.0 Å². The molecule has 0 aliphatic rings. The molecule has 34 heavy (non-hydrogen) atoms. The first-order chi connectivity index (χ1) is 16.2. The smallest absolute Gasteiger partial charge is 0.335 e. The van der Waals surface area contributed by atoms with Crippen LogP contribution in [0.25, 0.3) is 22.2 Å². The summed E-state index contributed by atoms with van der Waals surface area (Å²) in [6.07, 6.45) is 2.20. The van der Waals surface area contributed by atoms with Gasteiger partial charge in [0.15, 0.2) is 0 Å². The summed E-state index contributed by atoms with van der Waals surface area (Å²) in [5.74, 6) is 0.125. The zero-order chi connectivity index (χ0) is 24.4. The lowest BCUT2D eigenvalue weighted by Gasteiger charge is -2.13. The van der Waals surface area contributed by atoms with Gasteiger partial charge in [0, 0.05) is 40.8 Å². The van der Waals surface area contributed by atoms with Crippen molar-refractivity contribution in [2.45, 2.75) is 33.7 Å². The Labute approximate surface area is 208 Å². The highest BCUT2D eigenvalue weighted by molar-refractivity contribution is 6.38. The lowest BCUT2D eigenvalue weighted by molar-refractivity contribution is 0.0695. The number of hydrogen-bond donors (Lipinski definition) is 2. The maximum atomic E-state index is 11.6. The second-order valence-electron chi connectivity index (χ2n) is 8.75. The van der Waals surface area contributed by atoms with Crippen molar-refractivity contribution in [1.82, 2.24) is 14.5 Å². The molecule has 6 nitrogen and oxygen atoms in total. The average Bonchev–Trinajstić information content (AvgIpc) is 3.09. The SMILES string of the molecule is Cc1cc2c(Cl)cc(Cl)cc2n1CCNc1cc(-c2ccc(C(=O)O)c(CC(C)C)c2)ncn1. The molecule has 2 aromatic heterocycles. The van der Waals surface area contributed by atoms with Gasteiger partial charge < -0.3 is 15.0 Å². The van der Waals surface area contributed by atoms with Crippen molar-refractivity contribution in [3.63, 3.8) is 0 Å². The fraction of sp³-hybridized carbons (Fsp3) is 0.269. The molecule has 2 aromatic carbocycles. The van der Waals surface area contributed by atoms with Gasteiger partial charge in [-0.05, 0) is 55.2 Å². The van der Waals surface area contributed by atoms with Crippen molar-refractivity contribution in [1.29, 1.82) is 0 Å². The number of halogens is 2. The van der Waals surface area contributed by atoms with Crippen molar-refractivity contribution in [2.24, 2.45) is 5.92 Å². The van der Waals surface area contributed by atoms with E-state index in [9.17, 15) is 9.90 Å². The van der Waals surface area contributed by atoms with Crippen LogP contribution in [0.1, 0.15) is 35.5 Å². The van der Waals surface area contributed by atoms with E-state index in [4.69, 9.17) is 23.2 Å². The minimum Gasteiger partial charge on any atom is -0.478 e. The number of hydrogen-bond acceptors (Lipinski definition) is 4. The van der Waals surface area contributed by atoms with Gasteiger partial charge in [-0.3, -0.25) is 0 Å². The summed E-state index contributed by atoms with van der Waals surface area (Å²) in [6, 6.07) is 13.0. The van der Waals surface area contributed by atoms with Crippen LogP contribution >= 0.6 is 23.2 Å². The highest BCUT2D eigenvalue weighted by Crippen LogP contribution is 2.30. The molecule has 0 spiro atoms. The van der Waals surface area contributed by atoms with Gasteiger partial charge in [0.1, 0.15) is 12.1 Å². The number of carboxylic acids is 1. The van der Waals surface area contributed by atoms with E-state index in [0.29, 0.717) is 46.9 Å². The van der Waals surface area contributed by atoms with Crippen molar-refractivity contribution in [3.05, 3.63) is 75.7 Å². The van der Waals surface area contributed by atoms with Crippen LogP contribution in [0, 0.1) is 12.8 Å². The van der Waals surface area contributed by atoms with Gasteiger partial charge in [0.2, 0.25) is 0 Å². The molecule has 0 amide bonds. The molecule has 0 radical (unpaired) electrons. The third-order valence-corrected chi connectivity index (χ3v) is 6.24. The van der Waals surface area contributed by atoms with Gasteiger partial charge in [0.05, 0.1) is 21.8 Å². The molecule has 2 N–H and O–H groups in total. The molecule has 8 heteroatoms. The summed E-state index contributed by atoms with van der Waals surface area (Å²) in [5, 5.41) is 15.1. The summed E-state index contributed by atoms with van der Waals surface area (Å²) in [5.41, 5.74) is 4.83. The quantitative estimate of drug-likeness (QED) is 0.282. The first-order valence-corrected chi connectivity index (χ1v) is 11.9. The molecular formula is C26H26Cl2N4O2. The monoisotopic (exact) mass is 496 g/mol. The maximum absolute atomic E-state index is 11.6. The summed E-state index contributed by atoms with van der Waals surface area (Å²) < 4.78 is 2.17. The van der Waals surface area contributed by atoms with Crippen LogP contribution in [0.15, 0.2) is 48.8 Å². The Balaban J connectivity index is 1.53. The molecule has 0 unspecified atom stereocenters. The number of carbonyl (C=O) groups is 1. The fourth-order valence-corrected chi connectivity index (χ4v) is 4.73. The number of nitrogens with zero attached hydrogens (tertiary/aromatic N) is 3. The van der Waals surface area contributed by atoms with Crippen LogP contribution in [0.5, 0.6) is 0 Å². The Morgan fingerprint density at radius 1 is 1.12 bits per heavy atom. The van der Waals surface area contributed by atoms with E-state index in [0.717, 1.165) is 33.4 Å². The van der Waals surface area contributed by atoms with Crippen LogP contribution in [0.3, 0.4) is 0 Å². The number of rotatable bonds is 8. The van der Waals surface area contributed by atoms with E-state index in [2.05, 4.69) is 39.8 Å². The molecular weight excluding hydrogens is 471 g/mol. The molecule has 0 saturated heterocycles. The van der Waals surface area contributed by atoms with E-state index in [1.54, 1.807) is 18.2 Å². The van der Waals surface area contributed by atoms with Crippen LogP contribution in [0.2, 0.25) is 10.0 Å². The first-order valence-electron chi connectivity index (χ1n) is 11.1. The summed E-state index contributed by atoms with van der Waals surface area (Å²) in [4.78, 5) is 20.4. The molecule has 0 atom stereocenters. The van der Waals surface area contributed by atoms with Gasteiger partial charge in [-0.2, -0.15) is 0 Å². The molecule has 0 fully saturated rings. The Hall–Kier alpha value is -3.09. The van der Waals surface area contributed by atoms with Crippen molar-refractivity contribution < 1.29 is 9.90 Å². The van der Waals surface area contributed by atoms with Gasteiger partial charge in [-0.1, -0.05) is 43.1 Å². The third-order valence-electron chi connectivity index (χ3n) is 5.71. The van der Waals surface area contributed by atoms with Gasteiger partial charge >= 0.3 is 5.97 Å². The number of aromatic nitrogens is 3. The molecule has 2 heterocycles. The number of aryl methyl sites for hydroxylation is 1. The Bertz CT molecular complexity index is 1360. The van der Waals surface area contributed by atoms with Crippen molar-refractivity contribution in [3.8, 4) is 11.3 Å². The van der Waals surface area contributed by atoms with E-state index >= 15 is 0 Å². The van der Waals surface area contributed by atoms with E-state index < -0.39 is 5.97 Å². The Morgan fingerprint density at radius 3 is 2.65 bits per heavy atom. The standard InChI is InChI=1S/C26H26Cl2N4O2/c1-15(2)8-18-10-17(4-5-20(18)26(33)34)23-13-25(31-14-30-23)29-6-7-32-16(3)9-21-22(28)11-19(27)12-24(21)32/h4-5,9-15H,6-8H2,1-3H3,(H,33,34)(H,29,30,31). The predicted molar refractivity (Wildman–Crippen MR) is 138 cm³/mol. The zero-order valence-corrected chi connectivity index (χ0v) is 20.8. The predicted octanol–water partition coefficient (Wildman–Crippen LogP) is 6.72. The summed E-state index contributed by atoms with van der Waals surface area (Å²) >= 11 is 12.6. The van der Waals surface area contributed by atoms with E-state index in [1.165, 1.54) is 6.33 Å². The molecule has 176 valence electrons. The van der Waals surface area contributed by atoms with Gasteiger partial charge in [-0.15, -0.1) is 0 Å². The normalized spacial score (nSPS) is 11.4. The molecule has 0 bridgehead atoms. The van der Waals surface area contributed by atoms with Crippen molar-refractivity contribution >= 4 is 45.9 Å². The first kappa shape index (κ1) is 24.0. The second kappa shape index (κ2) is 10.0. The van der Waals surface area contributed by atoms with Crippen LogP contribution in [-0.4, -0.2) is 32.2 Å². The highest BCUT2D eigenvalue weighted by Gasteiger charge is 2.14. The van der Waals surface area contributed by atoms with Crippen LogP contribution in [0.4, 0.5) is 5.82 Å². The molecule has 0 aliphatic carbocycles. The lowest BCUT2D eigenvalue weighted by atomic mass is 9.95. The number of benzene rings is 2. The molecule has 0 aliphatic heterocycles. The summed E-state index contributed by atoms with van der Waals surface area (Å²) in [6.45, 7) is 7.53. The minimum atomic E-state index is -0.914. The second-order valence-corrected chi connectivity index (χ2v) is 9.59. The number of aromatic carboxylic acids is 1. The minimum absolute atomic E-state index is 0.333. The molecule has 0 saturated carbocycles. The number of fused-ring (bicyclic) bond motifs is 1. The zero-order valence-electron chi connectivity index (χ0n) is 19.3. The van der Waals surface area contributed by atoms with Crippen molar-refractivity contribution in [2.75, 3.05) is 11.9 Å². The van der Waals surface area contributed by atoms with Gasteiger partial charge in [-0.25, -0.2) is 14.8 Å². The van der Waals surface area contributed by atoms with Crippen LogP contribution < -0.4 is 5.32 Å². The highest BCUT2D eigenvalue weighted by atomic mass is 35.5. The maximum Gasteiger partial charge on any atom is 0.335 e. The van der Waals surface area contributed by atoms with Crippen LogP contribution in [-0.2, 0) is 13.0 Å². The largest absolute Gasteiger partial charge is 0.478 e. The third kappa shape index (κ3) is 5.18. The summed E-state index contributed by atoms with van der Waals surface area (Å²) in [7, 11) is 0.